The maximum atomic E-state index is 3.84. The van der Waals surface area contributed by atoms with Gasteiger partial charge in [-0.15, -0.1) is 0 Å². The van der Waals surface area contributed by atoms with E-state index in [4.69, 9.17) is 0 Å². The highest BCUT2D eigenvalue weighted by molar-refractivity contribution is 5.28. The standard InChI is InChI=1S/C19H31N/c1-5-19(13-7-6-8-14-20-19)15-16-9-11-17(12-10-16)18(2,3)4/h9-12,20H,5-8,13-15H2,1-4H3. The third-order valence-electron chi connectivity index (χ3n) is 4.87. The van der Waals surface area contributed by atoms with Crippen LogP contribution in [-0.4, -0.2) is 12.1 Å². The fourth-order valence-electron chi connectivity index (χ4n) is 3.30. The molecule has 112 valence electrons. The Bertz CT molecular complexity index is 402. The quantitative estimate of drug-likeness (QED) is 0.831. The molecule has 0 radical (unpaired) electrons. The van der Waals surface area contributed by atoms with Crippen molar-refractivity contribution in [2.45, 2.75) is 77.2 Å². The molecule has 0 aromatic heterocycles. The lowest BCUT2D eigenvalue weighted by atomic mass is 9.82. The molecule has 0 saturated carbocycles. The van der Waals surface area contributed by atoms with E-state index in [0.29, 0.717) is 5.54 Å². The zero-order valence-corrected chi connectivity index (χ0v) is 13.8. The molecule has 1 aliphatic heterocycles. The fourth-order valence-corrected chi connectivity index (χ4v) is 3.30. The van der Waals surface area contributed by atoms with Crippen LogP contribution < -0.4 is 5.32 Å². The third-order valence-corrected chi connectivity index (χ3v) is 4.87. The van der Waals surface area contributed by atoms with Gasteiger partial charge in [0.1, 0.15) is 0 Å². The van der Waals surface area contributed by atoms with Crippen molar-refractivity contribution in [3.8, 4) is 0 Å². The second kappa shape index (κ2) is 6.30. The van der Waals surface area contributed by atoms with Crippen molar-refractivity contribution in [3.63, 3.8) is 0 Å². The second-order valence-corrected chi connectivity index (χ2v) is 7.50. The monoisotopic (exact) mass is 273 g/mol. The van der Waals surface area contributed by atoms with E-state index >= 15 is 0 Å². The van der Waals surface area contributed by atoms with Gasteiger partial charge in [0.25, 0.3) is 0 Å². The van der Waals surface area contributed by atoms with Gasteiger partial charge in [-0.25, -0.2) is 0 Å². The fraction of sp³-hybridized carbons (Fsp3) is 0.684. The molecule has 0 bridgehead atoms. The van der Waals surface area contributed by atoms with Crippen LogP contribution in [0.1, 0.15) is 70.9 Å². The molecular weight excluding hydrogens is 242 g/mol. The van der Waals surface area contributed by atoms with E-state index in [2.05, 4.69) is 57.3 Å². The minimum absolute atomic E-state index is 0.252. The maximum Gasteiger partial charge on any atom is 0.0219 e. The predicted octanol–water partition coefficient (Wildman–Crippen LogP) is 4.84. The lowest BCUT2D eigenvalue weighted by Gasteiger charge is -2.33. The van der Waals surface area contributed by atoms with Gasteiger partial charge in [-0.05, 0) is 48.8 Å². The highest BCUT2D eigenvalue weighted by Crippen LogP contribution is 2.28. The summed E-state index contributed by atoms with van der Waals surface area (Å²) < 4.78 is 0. The Labute approximate surface area is 125 Å². The van der Waals surface area contributed by atoms with E-state index in [-0.39, 0.29) is 5.41 Å². The second-order valence-electron chi connectivity index (χ2n) is 7.50. The van der Waals surface area contributed by atoms with E-state index in [1.54, 1.807) is 0 Å². The molecule has 0 amide bonds. The number of hydrogen-bond donors (Lipinski definition) is 1. The molecule has 1 saturated heterocycles. The summed E-state index contributed by atoms with van der Waals surface area (Å²) >= 11 is 0. The minimum Gasteiger partial charge on any atom is -0.311 e. The summed E-state index contributed by atoms with van der Waals surface area (Å²) in [6.45, 7) is 10.4. The van der Waals surface area contributed by atoms with Crippen LogP contribution in [0, 0.1) is 0 Å². The van der Waals surface area contributed by atoms with Crippen molar-refractivity contribution >= 4 is 0 Å². The van der Waals surface area contributed by atoms with Crippen molar-refractivity contribution in [1.82, 2.24) is 5.32 Å². The van der Waals surface area contributed by atoms with Crippen LogP contribution >= 0.6 is 0 Å². The molecule has 1 atom stereocenters. The van der Waals surface area contributed by atoms with E-state index in [1.807, 2.05) is 0 Å². The van der Waals surface area contributed by atoms with E-state index in [0.717, 1.165) is 0 Å². The summed E-state index contributed by atoms with van der Waals surface area (Å²) in [4.78, 5) is 0. The van der Waals surface area contributed by atoms with Crippen molar-refractivity contribution < 1.29 is 0 Å². The molecule has 1 fully saturated rings. The average molecular weight is 273 g/mol. The summed E-state index contributed by atoms with van der Waals surface area (Å²) in [5, 5.41) is 3.84. The lowest BCUT2D eigenvalue weighted by molar-refractivity contribution is 0.302. The zero-order valence-electron chi connectivity index (χ0n) is 13.8. The molecule has 1 heteroatoms. The maximum absolute atomic E-state index is 3.84. The Balaban J connectivity index is 2.11. The zero-order chi connectivity index (χ0) is 14.6. The van der Waals surface area contributed by atoms with Crippen molar-refractivity contribution in [2.75, 3.05) is 6.54 Å². The van der Waals surface area contributed by atoms with Gasteiger partial charge >= 0.3 is 0 Å². The van der Waals surface area contributed by atoms with Crippen LogP contribution in [0.25, 0.3) is 0 Å². The van der Waals surface area contributed by atoms with E-state index in [9.17, 15) is 0 Å². The summed E-state index contributed by atoms with van der Waals surface area (Å²) in [5.41, 5.74) is 3.50. The smallest absolute Gasteiger partial charge is 0.0219 e. The van der Waals surface area contributed by atoms with Gasteiger partial charge in [-0.2, -0.15) is 0 Å². The first-order valence-electron chi connectivity index (χ1n) is 8.30. The molecular formula is C19H31N. The van der Waals surface area contributed by atoms with Crippen molar-refractivity contribution in [3.05, 3.63) is 35.4 Å². The summed E-state index contributed by atoms with van der Waals surface area (Å²) in [7, 11) is 0. The first-order chi connectivity index (χ1) is 9.45. The van der Waals surface area contributed by atoms with Crippen LogP contribution in [0.15, 0.2) is 24.3 Å². The van der Waals surface area contributed by atoms with Crippen LogP contribution in [0.3, 0.4) is 0 Å². The van der Waals surface area contributed by atoms with Crippen LogP contribution in [0.5, 0.6) is 0 Å². The number of hydrogen-bond acceptors (Lipinski definition) is 1. The van der Waals surface area contributed by atoms with Crippen LogP contribution in [-0.2, 0) is 11.8 Å². The average Bonchev–Trinajstić information content (AvgIpc) is 2.64. The summed E-state index contributed by atoms with van der Waals surface area (Å²) in [6, 6.07) is 9.31. The molecule has 1 heterocycles. The summed E-state index contributed by atoms with van der Waals surface area (Å²) in [6.07, 6.45) is 7.83. The minimum atomic E-state index is 0.252. The van der Waals surface area contributed by atoms with E-state index < -0.39 is 0 Å². The molecule has 2 rings (SSSR count). The van der Waals surface area contributed by atoms with Gasteiger partial charge in [-0.1, -0.05) is 64.8 Å². The Hall–Kier alpha value is -0.820. The number of rotatable bonds is 3. The first-order valence-corrected chi connectivity index (χ1v) is 8.30. The van der Waals surface area contributed by atoms with Gasteiger partial charge in [0, 0.05) is 5.54 Å². The Morgan fingerprint density at radius 1 is 1.05 bits per heavy atom. The molecule has 1 unspecified atom stereocenters. The normalized spacial score (nSPS) is 24.4. The molecule has 0 aliphatic carbocycles. The van der Waals surface area contributed by atoms with Gasteiger partial charge < -0.3 is 5.32 Å². The largest absolute Gasteiger partial charge is 0.311 e. The van der Waals surface area contributed by atoms with Gasteiger partial charge in [0.15, 0.2) is 0 Å². The van der Waals surface area contributed by atoms with E-state index in [1.165, 1.54) is 56.2 Å². The SMILES string of the molecule is CCC1(Cc2ccc(C(C)(C)C)cc2)CCCCCN1. The predicted molar refractivity (Wildman–Crippen MR) is 88.3 cm³/mol. The molecule has 1 aromatic rings. The Kier molecular flexibility index (Phi) is 4.90. The highest BCUT2D eigenvalue weighted by atomic mass is 15.0. The van der Waals surface area contributed by atoms with Crippen LogP contribution in [0.4, 0.5) is 0 Å². The van der Waals surface area contributed by atoms with Crippen LogP contribution in [0.2, 0.25) is 0 Å². The topological polar surface area (TPSA) is 12.0 Å². The molecule has 0 spiro atoms. The molecule has 1 aliphatic rings. The molecule has 1 aromatic carbocycles. The third kappa shape index (κ3) is 3.85. The molecule has 1 N–H and O–H groups in total. The summed E-state index contributed by atoms with van der Waals surface area (Å²) in [5.74, 6) is 0. The molecule has 1 nitrogen and oxygen atoms in total. The van der Waals surface area contributed by atoms with Gasteiger partial charge in [-0.3, -0.25) is 0 Å². The Morgan fingerprint density at radius 3 is 2.35 bits per heavy atom. The lowest BCUT2D eigenvalue weighted by Crippen LogP contribution is -2.46. The van der Waals surface area contributed by atoms with Crippen molar-refractivity contribution in [1.29, 1.82) is 0 Å². The number of benzene rings is 1. The first kappa shape index (κ1) is 15.6. The van der Waals surface area contributed by atoms with Crippen molar-refractivity contribution in [2.24, 2.45) is 0 Å². The molecule has 20 heavy (non-hydrogen) atoms. The number of nitrogens with one attached hydrogen (secondary N) is 1. The van der Waals surface area contributed by atoms with Gasteiger partial charge in [0.05, 0.1) is 0 Å². The Morgan fingerprint density at radius 2 is 1.75 bits per heavy atom. The highest BCUT2D eigenvalue weighted by Gasteiger charge is 2.28. The van der Waals surface area contributed by atoms with Gasteiger partial charge in [0.2, 0.25) is 0 Å².